The van der Waals surface area contributed by atoms with Crippen LogP contribution in [0.15, 0.2) is 60.0 Å². The number of nitrogens with one attached hydrogen (secondary N) is 2. The van der Waals surface area contributed by atoms with E-state index in [-0.39, 0.29) is 11.9 Å². The standard InChI is InChI=1S/C18H18N2O3S/c21-18(19-16-9-10-16)15-7-4-8-17(13-15)20-24(22,23)12-11-14-5-2-1-3-6-14/h1-8,11-13,16,20H,9-10H2,(H,19,21)/b12-11+. The van der Waals surface area contributed by atoms with Crippen LogP contribution in [0.3, 0.4) is 0 Å². The number of benzene rings is 2. The topological polar surface area (TPSA) is 75.3 Å². The molecule has 2 aromatic carbocycles. The van der Waals surface area contributed by atoms with Crippen LogP contribution in [0.5, 0.6) is 0 Å². The predicted molar refractivity (Wildman–Crippen MR) is 94.9 cm³/mol. The van der Waals surface area contributed by atoms with Crippen LogP contribution in [0.2, 0.25) is 0 Å². The molecular formula is C18H18N2O3S. The number of amides is 1. The van der Waals surface area contributed by atoms with E-state index in [1.807, 2.05) is 30.3 Å². The van der Waals surface area contributed by atoms with Crippen molar-refractivity contribution in [2.24, 2.45) is 0 Å². The number of hydrogen-bond acceptors (Lipinski definition) is 3. The fraction of sp³-hybridized carbons (Fsp3) is 0.167. The van der Waals surface area contributed by atoms with Gasteiger partial charge < -0.3 is 5.32 Å². The summed E-state index contributed by atoms with van der Waals surface area (Å²) in [5, 5.41) is 3.99. The van der Waals surface area contributed by atoms with Crippen molar-refractivity contribution < 1.29 is 13.2 Å². The second-order valence-corrected chi connectivity index (χ2v) is 7.26. The van der Waals surface area contributed by atoms with Crippen molar-refractivity contribution in [1.29, 1.82) is 0 Å². The van der Waals surface area contributed by atoms with E-state index in [4.69, 9.17) is 0 Å². The Morgan fingerprint density at radius 1 is 1.04 bits per heavy atom. The zero-order valence-corrected chi connectivity index (χ0v) is 13.8. The Kier molecular flexibility index (Phi) is 4.66. The monoisotopic (exact) mass is 342 g/mol. The molecule has 0 spiro atoms. The number of carbonyl (C=O) groups is 1. The molecule has 0 atom stereocenters. The van der Waals surface area contributed by atoms with Gasteiger partial charge in [-0.2, -0.15) is 0 Å². The number of anilines is 1. The van der Waals surface area contributed by atoms with E-state index in [2.05, 4.69) is 10.0 Å². The van der Waals surface area contributed by atoms with Crippen LogP contribution in [-0.4, -0.2) is 20.4 Å². The fourth-order valence-electron chi connectivity index (χ4n) is 2.15. The van der Waals surface area contributed by atoms with Gasteiger partial charge in [0.15, 0.2) is 0 Å². The van der Waals surface area contributed by atoms with Crippen LogP contribution < -0.4 is 10.0 Å². The molecule has 6 heteroatoms. The normalized spacial score (nSPS) is 14.5. The maximum absolute atomic E-state index is 12.1. The molecule has 0 unspecified atom stereocenters. The summed E-state index contributed by atoms with van der Waals surface area (Å²) in [5.41, 5.74) is 1.59. The molecule has 2 aromatic rings. The van der Waals surface area contributed by atoms with Gasteiger partial charge in [0, 0.05) is 17.3 Å². The van der Waals surface area contributed by atoms with Gasteiger partial charge in [0.1, 0.15) is 0 Å². The maximum atomic E-state index is 12.1. The van der Waals surface area contributed by atoms with E-state index < -0.39 is 10.0 Å². The first-order chi connectivity index (χ1) is 11.5. The molecule has 1 aliphatic carbocycles. The molecule has 1 aliphatic rings. The summed E-state index contributed by atoms with van der Waals surface area (Å²) in [7, 11) is -3.65. The van der Waals surface area contributed by atoms with Crippen LogP contribution in [0.25, 0.3) is 6.08 Å². The van der Waals surface area contributed by atoms with E-state index >= 15 is 0 Å². The Labute approximate surface area is 141 Å². The lowest BCUT2D eigenvalue weighted by molar-refractivity contribution is 0.0951. The molecule has 1 amide bonds. The lowest BCUT2D eigenvalue weighted by atomic mass is 10.2. The second-order valence-electron chi connectivity index (χ2n) is 5.69. The molecule has 0 saturated heterocycles. The van der Waals surface area contributed by atoms with Gasteiger partial charge in [0.25, 0.3) is 15.9 Å². The molecule has 0 bridgehead atoms. The van der Waals surface area contributed by atoms with Crippen LogP contribution in [0.1, 0.15) is 28.8 Å². The minimum Gasteiger partial charge on any atom is -0.349 e. The first-order valence-electron chi connectivity index (χ1n) is 7.69. The van der Waals surface area contributed by atoms with Crippen LogP contribution in [0.4, 0.5) is 5.69 Å². The SMILES string of the molecule is O=C(NC1CC1)c1cccc(NS(=O)(=O)/C=C/c2ccccc2)c1. The molecule has 5 nitrogen and oxygen atoms in total. The molecule has 0 aliphatic heterocycles. The molecule has 124 valence electrons. The van der Waals surface area contributed by atoms with E-state index in [1.54, 1.807) is 18.2 Å². The van der Waals surface area contributed by atoms with Gasteiger partial charge >= 0.3 is 0 Å². The molecule has 1 fully saturated rings. The third-order valence-corrected chi connectivity index (χ3v) is 4.55. The van der Waals surface area contributed by atoms with Gasteiger partial charge in [-0.1, -0.05) is 36.4 Å². The molecule has 1 saturated carbocycles. The van der Waals surface area contributed by atoms with Crippen LogP contribution >= 0.6 is 0 Å². The largest absolute Gasteiger partial charge is 0.349 e. The number of sulfonamides is 1. The van der Waals surface area contributed by atoms with Crippen LogP contribution in [0, 0.1) is 0 Å². The summed E-state index contributed by atoms with van der Waals surface area (Å²) in [6, 6.07) is 15.9. The van der Waals surface area contributed by atoms with Crippen molar-refractivity contribution in [3.8, 4) is 0 Å². The summed E-state index contributed by atoms with van der Waals surface area (Å²) < 4.78 is 26.7. The lowest BCUT2D eigenvalue weighted by Crippen LogP contribution is -2.25. The van der Waals surface area contributed by atoms with Gasteiger partial charge in [-0.05, 0) is 42.7 Å². The van der Waals surface area contributed by atoms with Crippen molar-refractivity contribution >= 4 is 27.7 Å². The van der Waals surface area contributed by atoms with E-state index in [0.717, 1.165) is 23.8 Å². The van der Waals surface area contributed by atoms with Gasteiger partial charge in [-0.3, -0.25) is 9.52 Å². The number of hydrogen-bond donors (Lipinski definition) is 2. The Morgan fingerprint density at radius 3 is 2.50 bits per heavy atom. The smallest absolute Gasteiger partial charge is 0.255 e. The quantitative estimate of drug-likeness (QED) is 0.847. The van der Waals surface area contributed by atoms with Gasteiger partial charge in [0.2, 0.25) is 0 Å². The third-order valence-electron chi connectivity index (χ3n) is 3.54. The van der Waals surface area contributed by atoms with Crippen molar-refractivity contribution in [1.82, 2.24) is 5.32 Å². The van der Waals surface area contributed by atoms with E-state index in [0.29, 0.717) is 11.3 Å². The summed E-state index contributed by atoms with van der Waals surface area (Å²) >= 11 is 0. The highest BCUT2D eigenvalue weighted by Gasteiger charge is 2.23. The van der Waals surface area contributed by atoms with Gasteiger partial charge in [-0.25, -0.2) is 8.42 Å². The number of rotatable bonds is 6. The number of carbonyl (C=O) groups excluding carboxylic acids is 1. The average Bonchev–Trinajstić information content (AvgIpc) is 3.38. The van der Waals surface area contributed by atoms with Crippen molar-refractivity contribution in [3.05, 3.63) is 71.1 Å². The minimum absolute atomic E-state index is 0.182. The average molecular weight is 342 g/mol. The Morgan fingerprint density at radius 2 is 1.79 bits per heavy atom. The van der Waals surface area contributed by atoms with Crippen molar-refractivity contribution in [3.63, 3.8) is 0 Å². The van der Waals surface area contributed by atoms with Crippen molar-refractivity contribution in [2.45, 2.75) is 18.9 Å². The second kappa shape index (κ2) is 6.88. The van der Waals surface area contributed by atoms with Gasteiger partial charge in [0.05, 0.1) is 5.41 Å². The lowest BCUT2D eigenvalue weighted by Gasteiger charge is -2.07. The summed E-state index contributed by atoms with van der Waals surface area (Å²) in [5.74, 6) is -0.182. The van der Waals surface area contributed by atoms with Crippen LogP contribution in [-0.2, 0) is 10.0 Å². The molecule has 2 N–H and O–H groups in total. The fourth-order valence-corrected chi connectivity index (χ4v) is 3.01. The molecule has 24 heavy (non-hydrogen) atoms. The summed E-state index contributed by atoms with van der Waals surface area (Å²) in [6.07, 6.45) is 3.52. The Balaban J connectivity index is 1.70. The molecule has 0 radical (unpaired) electrons. The zero-order chi connectivity index (χ0) is 17.0. The van der Waals surface area contributed by atoms with Gasteiger partial charge in [-0.15, -0.1) is 0 Å². The summed E-state index contributed by atoms with van der Waals surface area (Å²) in [4.78, 5) is 12.0. The molecular weight excluding hydrogens is 324 g/mol. The highest BCUT2D eigenvalue weighted by molar-refractivity contribution is 7.95. The summed E-state index contributed by atoms with van der Waals surface area (Å²) in [6.45, 7) is 0. The molecule has 0 heterocycles. The van der Waals surface area contributed by atoms with E-state index in [1.165, 1.54) is 12.1 Å². The van der Waals surface area contributed by atoms with E-state index in [9.17, 15) is 13.2 Å². The third kappa shape index (κ3) is 4.70. The predicted octanol–water partition coefficient (Wildman–Crippen LogP) is 2.99. The zero-order valence-electron chi connectivity index (χ0n) is 13.0. The first kappa shape index (κ1) is 16.3. The Hall–Kier alpha value is -2.60. The highest BCUT2D eigenvalue weighted by atomic mass is 32.2. The molecule has 0 aromatic heterocycles. The molecule has 3 rings (SSSR count). The first-order valence-corrected chi connectivity index (χ1v) is 9.23. The highest BCUT2D eigenvalue weighted by Crippen LogP contribution is 2.20. The van der Waals surface area contributed by atoms with Crippen molar-refractivity contribution in [2.75, 3.05) is 4.72 Å². The maximum Gasteiger partial charge on any atom is 0.255 e. The Bertz CT molecular complexity index is 857. The minimum atomic E-state index is -3.65.